The molecule has 0 aliphatic rings. The molecule has 1 unspecified atom stereocenters. The Balaban J connectivity index is 2.37. The number of rotatable bonds is 3. The van der Waals surface area contributed by atoms with Crippen molar-refractivity contribution < 1.29 is 9.84 Å². The molecule has 2 rings (SSSR count). The molecule has 2 aromatic carbocycles. The van der Waals surface area contributed by atoms with Crippen LogP contribution >= 0.6 is 34.2 Å². The number of methoxy groups -OCH3 is 1. The summed E-state index contributed by atoms with van der Waals surface area (Å²) in [6, 6.07) is 13.0. The molecule has 0 saturated carbocycles. The van der Waals surface area contributed by atoms with E-state index in [1.165, 1.54) is 0 Å². The average Bonchev–Trinajstić information content (AvgIpc) is 2.38. The van der Waals surface area contributed by atoms with Gasteiger partial charge in [0.2, 0.25) is 0 Å². The molecule has 4 heteroatoms. The summed E-state index contributed by atoms with van der Waals surface area (Å²) in [6.45, 7) is 0. The Morgan fingerprint density at radius 1 is 1.22 bits per heavy atom. The topological polar surface area (TPSA) is 29.5 Å². The highest BCUT2D eigenvalue weighted by atomic mass is 127. The summed E-state index contributed by atoms with van der Waals surface area (Å²) in [7, 11) is 1.57. The zero-order chi connectivity index (χ0) is 13.1. The van der Waals surface area contributed by atoms with Crippen LogP contribution < -0.4 is 4.74 Å². The molecular formula is C14H12ClIO2. The minimum atomic E-state index is -0.679. The SMILES string of the molecule is COc1ccc(C(O)c2ccccc2I)cc1Cl. The molecule has 0 heterocycles. The lowest BCUT2D eigenvalue weighted by molar-refractivity contribution is 0.219. The number of hydrogen-bond donors (Lipinski definition) is 1. The third-order valence-corrected chi connectivity index (χ3v) is 3.97. The fourth-order valence-corrected chi connectivity index (χ4v) is 2.68. The van der Waals surface area contributed by atoms with Crippen LogP contribution in [0.2, 0.25) is 5.02 Å². The summed E-state index contributed by atoms with van der Waals surface area (Å²) >= 11 is 8.27. The van der Waals surface area contributed by atoms with Crippen molar-refractivity contribution in [1.29, 1.82) is 0 Å². The van der Waals surface area contributed by atoms with Crippen LogP contribution in [-0.4, -0.2) is 12.2 Å². The molecule has 1 atom stereocenters. The molecule has 0 amide bonds. The lowest BCUT2D eigenvalue weighted by Crippen LogP contribution is -2.02. The van der Waals surface area contributed by atoms with E-state index in [-0.39, 0.29) is 0 Å². The number of halogens is 2. The number of benzene rings is 2. The van der Waals surface area contributed by atoms with Crippen molar-refractivity contribution in [2.75, 3.05) is 7.11 Å². The maximum absolute atomic E-state index is 10.4. The van der Waals surface area contributed by atoms with Gasteiger partial charge in [-0.2, -0.15) is 0 Å². The van der Waals surface area contributed by atoms with Crippen LogP contribution in [0.5, 0.6) is 5.75 Å². The van der Waals surface area contributed by atoms with Gasteiger partial charge in [0.25, 0.3) is 0 Å². The van der Waals surface area contributed by atoms with Crippen molar-refractivity contribution in [2.24, 2.45) is 0 Å². The largest absolute Gasteiger partial charge is 0.495 e. The second-order valence-corrected chi connectivity index (χ2v) is 5.39. The molecular weight excluding hydrogens is 363 g/mol. The standard InChI is InChI=1S/C14H12ClIO2/c1-18-13-7-6-9(8-11(13)15)14(17)10-4-2-3-5-12(10)16/h2-8,14,17H,1H3. The van der Waals surface area contributed by atoms with Gasteiger partial charge in [-0.15, -0.1) is 0 Å². The molecule has 0 aromatic heterocycles. The molecule has 2 nitrogen and oxygen atoms in total. The van der Waals surface area contributed by atoms with Crippen molar-refractivity contribution in [3.63, 3.8) is 0 Å². The summed E-state index contributed by atoms with van der Waals surface area (Å²) < 4.78 is 6.12. The first kappa shape index (κ1) is 13.6. The van der Waals surface area contributed by atoms with Crippen LogP contribution in [0.4, 0.5) is 0 Å². The summed E-state index contributed by atoms with van der Waals surface area (Å²) in [6.07, 6.45) is -0.679. The molecule has 0 saturated heterocycles. The van der Waals surface area contributed by atoms with Gasteiger partial charge < -0.3 is 9.84 Å². The Bertz CT molecular complexity index is 557. The van der Waals surface area contributed by atoms with Gasteiger partial charge in [0, 0.05) is 3.57 Å². The Morgan fingerprint density at radius 2 is 1.94 bits per heavy atom. The van der Waals surface area contributed by atoms with Crippen LogP contribution in [0, 0.1) is 3.57 Å². The zero-order valence-electron chi connectivity index (χ0n) is 9.73. The third-order valence-electron chi connectivity index (χ3n) is 2.69. The van der Waals surface area contributed by atoms with Crippen LogP contribution in [0.25, 0.3) is 0 Å². The second kappa shape index (κ2) is 5.91. The van der Waals surface area contributed by atoms with Crippen molar-refractivity contribution in [3.8, 4) is 5.75 Å². The molecule has 0 aliphatic heterocycles. The summed E-state index contributed by atoms with van der Waals surface area (Å²) in [5.41, 5.74) is 1.63. The molecule has 94 valence electrons. The van der Waals surface area contributed by atoms with Gasteiger partial charge in [-0.3, -0.25) is 0 Å². The van der Waals surface area contributed by atoms with E-state index in [4.69, 9.17) is 16.3 Å². The van der Waals surface area contributed by atoms with Crippen molar-refractivity contribution in [2.45, 2.75) is 6.10 Å². The molecule has 0 aliphatic carbocycles. The smallest absolute Gasteiger partial charge is 0.137 e. The third kappa shape index (κ3) is 2.79. The minimum Gasteiger partial charge on any atom is -0.495 e. The molecule has 0 fully saturated rings. The first-order valence-electron chi connectivity index (χ1n) is 5.39. The zero-order valence-corrected chi connectivity index (χ0v) is 12.6. The number of ether oxygens (including phenoxy) is 1. The first-order chi connectivity index (χ1) is 8.63. The predicted molar refractivity (Wildman–Crippen MR) is 81.2 cm³/mol. The monoisotopic (exact) mass is 374 g/mol. The van der Waals surface area contributed by atoms with Crippen LogP contribution in [0.3, 0.4) is 0 Å². The fraction of sp³-hybridized carbons (Fsp3) is 0.143. The van der Waals surface area contributed by atoms with E-state index in [2.05, 4.69) is 22.6 Å². The van der Waals surface area contributed by atoms with E-state index < -0.39 is 6.10 Å². The van der Waals surface area contributed by atoms with Gasteiger partial charge in [0.1, 0.15) is 11.9 Å². The second-order valence-electron chi connectivity index (χ2n) is 3.82. The average molecular weight is 375 g/mol. The van der Waals surface area contributed by atoms with Crippen molar-refractivity contribution >= 4 is 34.2 Å². The Morgan fingerprint density at radius 3 is 2.56 bits per heavy atom. The van der Waals surface area contributed by atoms with Crippen LogP contribution in [-0.2, 0) is 0 Å². The Kier molecular flexibility index (Phi) is 4.48. The van der Waals surface area contributed by atoms with Crippen molar-refractivity contribution in [1.82, 2.24) is 0 Å². The molecule has 0 spiro atoms. The highest BCUT2D eigenvalue weighted by molar-refractivity contribution is 14.1. The van der Waals surface area contributed by atoms with Gasteiger partial charge >= 0.3 is 0 Å². The normalized spacial score (nSPS) is 12.2. The Hall–Kier alpha value is -0.780. The first-order valence-corrected chi connectivity index (χ1v) is 6.85. The minimum absolute atomic E-state index is 0.500. The van der Waals surface area contributed by atoms with E-state index in [0.717, 1.165) is 14.7 Å². The van der Waals surface area contributed by atoms with Gasteiger partial charge in [-0.05, 0) is 51.9 Å². The van der Waals surface area contributed by atoms with E-state index in [1.54, 1.807) is 19.2 Å². The van der Waals surface area contributed by atoms with Gasteiger partial charge in [0.05, 0.1) is 12.1 Å². The highest BCUT2D eigenvalue weighted by Crippen LogP contribution is 2.31. The predicted octanol–water partition coefficient (Wildman–Crippen LogP) is 4.03. The van der Waals surface area contributed by atoms with Crippen molar-refractivity contribution in [3.05, 3.63) is 62.2 Å². The maximum atomic E-state index is 10.4. The lowest BCUT2D eigenvalue weighted by Gasteiger charge is -2.14. The Labute approximate surface area is 125 Å². The molecule has 1 N–H and O–H groups in total. The summed E-state index contributed by atoms with van der Waals surface area (Å²) in [5, 5.41) is 10.9. The fourth-order valence-electron chi connectivity index (χ4n) is 1.73. The maximum Gasteiger partial charge on any atom is 0.137 e. The molecule has 2 aromatic rings. The summed E-state index contributed by atoms with van der Waals surface area (Å²) in [5.74, 6) is 0.607. The van der Waals surface area contributed by atoms with Gasteiger partial charge in [-0.25, -0.2) is 0 Å². The van der Waals surface area contributed by atoms with E-state index in [9.17, 15) is 5.11 Å². The number of aliphatic hydroxyl groups is 1. The number of hydrogen-bond acceptors (Lipinski definition) is 2. The van der Waals surface area contributed by atoms with E-state index >= 15 is 0 Å². The van der Waals surface area contributed by atoms with E-state index in [0.29, 0.717) is 10.8 Å². The van der Waals surface area contributed by atoms with Crippen LogP contribution in [0.15, 0.2) is 42.5 Å². The lowest BCUT2D eigenvalue weighted by atomic mass is 10.0. The molecule has 0 bridgehead atoms. The van der Waals surface area contributed by atoms with Gasteiger partial charge in [-0.1, -0.05) is 35.9 Å². The molecule has 18 heavy (non-hydrogen) atoms. The quantitative estimate of drug-likeness (QED) is 0.822. The number of aliphatic hydroxyl groups excluding tert-OH is 1. The summed E-state index contributed by atoms with van der Waals surface area (Å²) in [4.78, 5) is 0. The van der Waals surface area contributed by atoms with E-state index in [1.807, 2.05) is 30.3 Å². The van der Waals surface area contributed by atoms with Gasteiger partial charge in [0.15, 0.2) is 0 Å². The van der Waals surface area contributed by atoms with Crippen LogP contribution in [0.1, 0.15) is 17.2 Å². The highest BCUT2D eigenvalue weighted by Gasteiger charge is 2.14. The molecule has 0 radical (unpaired) electrons.